The fraction of sp³-hybridized carbons (Fsp3) is 0. The molecular formula is C18H6Cl4N2O3. The summed E-state index contributed by atoms with van der Waals surface area (Å²) in [7, 11) is 0. The molecule has 5 nitrogen and oxygen atoms in total. The van der Waals surface area contributed by atoms with Crippen molar-refractivity contribution in [1.82, 2.24) is 9.38 Å². The van der Waals surface area contributed by atoms with Gasteiger partial charge in [0.25, 0.3) is 0 Å². The Labute approximate surface area is 170 Å². The Balaban J connectivity index is 2.26. The summed E-state index contributed by atoms with van der Waals surface area (Å²) in [4.78, 5) is 17.3. The molecule has 0 saturated heterocycles. The minimum absolute atomic E-state index is 0.0106. The molecule has 0 saturated carbocycles. The van der Waals surface area contributed by atoms with E-state index in [0.29, 0.717) is 16.3 Å². The average Bonchev–Trinajstić information content (AvgIpc) is 2.94. The van der Waals surface area contributed by atoms with E-state index in [1.54, 1.807) is 18.2 Å². The van der Waals surface area contributed by atoms with E-state index in [4.69, 9.17) is 46.4 Å². The molecule has 3 aromatic carbocycles. The summed E-state index contributed by atoms with van der Waals surface area (Å²) in [6, 6.07) is 6.55. The molecule has 2 aromatic heterocycles. The first kappa shape index (κ1) is 17.0. The second-order valence-corrected chi connectivity index (χ2v) is 7.56. The summed E-state index contributed by atoms with van der Waals surface area (Å²) < 4.78 is 1.21. The molecule has 0 aliphatic carbocycles. The Morgan fingerprint density at radius 3 is 2.26 bits per heavy atom. The number of nitrogens with zero attached hydrogens (tertiary/aromatic N) is 2. The van der Waals surface area contributed by atoms with Crippen LogP contribution in [0.3, 0.4) is 0 Å². The van der Waals surface area contributed by atoms with Gasteiger partial charge >= 0.3 is 0 Å². The van der Waals surface area contributed by atoms with Crippen LogP contribution in [-0.4, -0.2) is 19.6 Å². The van der Waals surface area contributed by atoms with Gasteiger partial charge in [-0.3, -0.25) is 9.20 Å². The van der Waals surface area contributed by atoms with Gasteiger partial charge in [-0.2, -0.15) is 0 Å². The molecule has 0 atom stereocenters. The largest absolute Gasteiger partial charge is 0.504 e. The van der Waals surface area contributed by atoms with Crippen molar-refractivity contribution in [2.24, 2.45) is 0 Å². The molecule has 9 heteroatoms. The fourth-order valence-corrected chi connectivity index (χ4v) is 4.52. The lowest BCUT2D eigenvalue weighted by molar-refractivity contribution is 0.456. The van der Waals surface area contributed by atoms with Gasteiger partial charge in [-0.05, 0) is 17.5 Å². The normalized spacial score (nSPS) is 12.1. The first-order valence-corrected chi connectivity index (χ1v) is 9.11. The minimum Gasteiger partial charge on any atom is -0.504 e. The Hall–Kier alpha value is -2.18. The Bertz CT molecular complexity index is 1510. The molecule has 0 unspecified atom stereocenters. The maximum absolute atomic E-state index is 12.8. The van der Waals surface area contributed by atoms with Crippen LogP contribution in [0.2, 0.25) is 20.1 Å². The van der Waals surface area contributed by atoms with Crippen LogP contribution in [0.15, 0.2) is 29.1 Å². The highest BCUT2D eigenvalue weighted by Gasteiger charge is 2.26. The summed E-state index contributed by atoms with van der Waals surface area (Å²) in [5.74, 6) is -0.819. The number of fused-ring (bicyclic) bond motifs is 4. The van der Waals surface area contributed by atoms with Gasteiger partial charge in [-0.1, -0.05) is 58.5 Å². The number of benzene rings is 3. The predicted molar refractivity (Wildman–Crippen MR) is 109 cm³/mol. The number of hydrogen-bond donors (Lipinski definition) is 2. The van der Waals surface area contributed by atoms with Crippen LogP contribution in [0.25, 0.3) is 38.2 Å². The second kappa shape index (κ2) is 5.42. The maximum atomic E-state index is 12.8. The van der Waals surface area contributed by atoms with Crippen molar-refractivity contribution >= 4 is 84.6 Å². The van der Waals surface area contributed by atoms with Crippen LogP contribution in [0.1, 0.15) is 0 Å². The van der Waals surface area contributed by atoms with E-state index < -0.39 is 11.2 Å². The van der Waals surface area contributed by atoms with Crippen LogP contribution >= 0.6 is 46.4 Å². The molecular weight excluding hydrogens is 434 g/mol. The van der Waals surface area contributed by atoms with E-state index in [1.165, 1.54) is 10.5 Å². The predicted octanol–water partition coefficient (Wildman–Crippen LogP) is 5.62. The van der Waals surface area contributed by atoms with E-state index in [0.717, 1.165) is 0 Å². The van der Waals surface area contributed by atoms with E-state index >= 15 is 0 Å². The van der Waals surface area contributed by atoms with Crippen LogP contribution in [-0.2, 0) is 0 Å². The summed E-state index contributed by atoms with van der Waals surface area (Å²) in [5.41, 5.74) is 0.0604. The number of rotatable bonds is 0. The van der Waals surface area contributed by atoms with Gasteiger partial charge in [-0.25, -0.2) is 4.98 Å². The molecule has 0 amide bonds. The Morgan fingerprint density at radius 1 is 0.889 bits per heavy atom. The Morgan fingerprint density at radius 2 is 1.56 bits per heavy atom. The number of halogens is 4. The van der Waals surface area contributed by atoms with Crippen molar-refractivity contribution < 1.29 is 10.2 Å². The fourth-order valence-electron chi connectivity index (χ4n) is 3.50. The van der Waals surface area contributed by atoms with Gasteiger partial charge in [0.05, 0.1) is 36.4 Å². The average molecular weight is 440 g/mol. The third-order valence-corrected chi connectivity index (χ3v) is 6.44. The SMILES string of the molecule is O=c1c(O)cc2cccc3nc4c5c(Cl)c(Cl)c(Cl)c(Cl)c5c(O)n4c1c23. The summed E-state index contributed by atoms with van der Waals surface area (Å²) in [6.45, 7) is 0. The highest BCUT2D eigenvalue weighted by Crippen LogP contribution is 2.49. The standard InChI is InChI=1S/C18H6Cl4N2O3/c19-11-9-10(12(20)14(22)13(11)21)18(27)24-15-8-5(4-7(25)16(15)26)2-1-3-6(8)23-17(9)24/h1-4,25,27H. The van der Waals surface area contributed by atoms with Crippen LogP contribution < -0.4 is 5.43 Å². The highest BCUT2D eigenvalue weighted by atomic mass is 35.5. The molecule has 5 aromatic rings. The summed E-state index contributed by atoms with van der Waals surface area (Å²) in [5, 5.41) is 22.5. The van der Waals surface area contributed by atoms with Crippen molar-refractivity contribution in [2.75, 3.05) is 0 Å². The van der Waals surface area contributed by atoms with E-state index in [9.17, 15) is 15.0 Å². The zero-order chi connectivity index (χ0) is 19.2. The minimum atomic E-state index is -0.661. The molecule has 2 heterocycles. The lowest BCUT2D eigenvalue weighted by Crippen LogP contribution is -2.07. The van der Waals surface area contributed by atoms with Crippen molar-refractivity contribution in [3.05, 3.63) is 54.6 Å². The molecule has 0 radical (unpaired) electrons. The molecule has 0 bridgehead atoms. The molecule has 0 spiro atoms. The van der Waals surface area contributed by atoms with Crippen molar-refractivity contribution in [1.29, 1.82) is 0 Å². The Kier molecular flexibility index (Phi) is 3.41. The van der Waals surface area contributed by atoms with Crippen LogP contribution in [0.4, 0.5) is 0 Å². The molecule has 0 aliphatic heterocycles. The molecule has 0 fully saturated rings. The topological polar surface area (TPSA) is 74.8 Å². The van der Waals surface area contributed by atoms with Crippen molar-refractivity contribution in [3.8, 4) is 11.6 Å². The van der Waals surface area contributed by atoms with Gasteiger partial charge < -0.3 is 10.2 Å². The van der Waals surface area contributed by atoms with Crippen LogP contribution in [0.5, 0.6) is 11.6 Å². The first-order chi connectivity index (χ1) is 12.8. The van der Waals surface area contributed by atoms with Crippen molar-refractivity contribution in [3.63, 3.8) is 0 Å². The summed E-state index contributed by atoms with van der Waals surface area (Å²) in [6.07, 6.45) is 0. The maximum Gasteiger partial charge on any atom is 0.244 e. The molecule has 2 N–H and O–H groups in total. The molecule has 134 valence electrons. The third-order valence-electron chi connectivity index (χ3n) is 4.64. The number of hydrogen-bond acceptors (Lipinski definition) is 4. The molecule has 0 aliphatic rings. The van der Waals surface area contributed by atoms with E-state index in [2.05, 4.69) is 4.98 Å². The number of aromatic hydroxyl groups is 2. The first-order valence-electron chi connectivity index (χ1n) is 7.60. The zero-order valence-electron chi connectivity index (χ0n) is 13.0. The highest BCUT2D eigenvalue weighted by molar-refractivity contribution is 6.56. The molecule has 5 rings (SSSR count). The smallest absolute Gasteiger partial charge is 0.244 e. The van der Waals surface area contributed by atoms with Crippen LogP contribution in [0, 0.1) is 0 Å². The number of phenols is 1. The monoisotopic (exact) mass is 438 g/mol. The zero-order valence-corrected chi connectivity index (χ0v) is 16.0. The summed E-state index contributed by atoms with van der Waals surface area (Å²) >= 11 is 25.0. The van der Waals surface area contributed by atoms with Gasteiger partial charge in [0, 0.05) is 5.39 Å². The third kappa shape index (κ3) is 1.97. The lowest BCUT2D eigenvalue weighted by atomic mass is 10.1. The second-order valence-electron chi connectivity index (χ2n) is 6.05. The van der Waals surface area contributed by atoms with Gasteiger partial charge in [0.1, 0.15) is 5.52 Å². The molecule has 27 heavy (non-hydrogen) atoms. The number of phenolic OH excluding ortho intramolecular Hbond substituents is 1. The van der Waals surface area contributed by atoms with Gasteiger partial charge in [0.15, 0.2) is 11.4 Å². The van der Waals surface area contributed by atoms with Gasteiger partial charge in [0.2, 0.25) is 11.3 Å². The lowest BCUT2D eigenvalue weighted by Gasteiger charge is -2.08. The van der Waals surface area contributed by atoms with Crippen molar-refractivity contribution in [2.45, 2.75) is 0 Å². The van der Waals surface area contributed by atoms with Gasteiger partial charge in [-0.15, -0.1) is 0 Å². The number of aromatic nitrogens is 2. The quantitative estimate of drug-likeness (QED) is 0.242. The van der Waals surface area contributed by atoms with E-state index in [-0.39, 0.29) is 47.9 Å². The van der Waals surface area contributed by atoms with E-state index in [1.807, 2.05) is 0 Å².